The lowest BCUT2D eigenvalue weighted by Crippen LogP contribution is -2.53. The Morgan fingerprint density at radius 2 is 0.791 bits per heavy atom. The Hall–Kier alpha value is -5.13. The molecule has 0 spiro atoms. The molecule has 1 aliphatic rings. The van der Waals surface area contributed by atoms with Crippen molar-refractivity contribution >= 4 is 53.7 Å². The van der Waals surface area contributed by atoms with Gasteiger partial charge >= 0.3 is 41.8 Å². The van der Waals surface area contributed by atoms with Crippen LogP contribution in [0.15, 0.2) is 0 Å². The second-order valence-corrected chi connectivity index (χ2v) is 19.5. The number of carboxylic acid groups (broad SMARTS) is 3. The van der Waals surface area contributed by atoms with Crippen molar-refractivity contribution in [2.24, 2.45) is 0 Å². The predicted octanol–water partition coefficient (Wildman–Crippen LogP) is 0.486. The zero-order valence-electron chi connectivity index (χ0n) is 41.0. The zero-order valence-corrected chi connectivity index (χ0v) is 41.0. The number of carbonyl (C=O) groups excluding carboxylic acids is 6. The molecule has 0 radical (unpaired) electrons. The molecule has 67 heavy (non-hydrogen) atoms. The maximum absolute atomic E-state index is 13.2. The standard InChI is InChI=1S/C44H78N8O15/c1-42(2,3)65-38(61)16-14-32(40(63)67-44(7,8)9)48-41(64)47-31(39(62)66-43(4,5)6)13-15-33(53)45-17-11-10-12-18-46-34(54)27-49-19-21-50(28-35(55)56)23-25-52(30-37(59)60)26-24-51(22-20-49)29-36(57)58/h31-32H,10-30H2,1-9H3,(H,45,53)(H,46,54)(H,55,56)(H,57,58)(H,59,60)(H2,47,48,64)/t31-,32-/m0/s1. The minimum atomic E-state index is -1.27. The van der Waals surface area contributed by atoms with Crippen molar-refractivity contribution in [1.82, 2.24) is 40.9 Å². The highest BCUT2D eigenvalue weighted by Crippen LogP contribution is 2.15. The number of urea groups is 1. The number of aliphatic carboxylic acids is 3. The third-order valence-corrected chi connectivity index (χ3v) is 9.58. The fourth-order valence-electron chi connectivity index (χ4n) is 6.55. The summed E-state index contributed by atoms with van der Waals surface area (Å²) >= 11 is 0. The van der Waals surface area contributed by atoms with Crippen LogP contribution in [-0.4, -0.2) is 209 Å². The van der Waals surface area contributed by atoms with Crippen LogP contribution in [0.1, 0.15) is 107 Å². The Kier molecular flexibility index (Phi) is 26.4. The number of unbranched alkanes of at least 4 members (excludes halogenated alkanes) is 2. The van der Waals surface area contributed by atoms with Gasteiger partial charge in [0.1, 0.15) is 28.9 Å². The normalized spacial score (nSPS) is 16.2. The third-order valence-electron chi connectivity index (χ3n) is 9.58. The molecule has 384 valence electrons. The average molecular weight is 959 g/mol. The van der Waals surface area contributed by atoms with Gasteiger partial charge in [0, 0.05) is 78.3 Å². The van der Waals surface area contributed by atoms with E-state index in [1.165, 1.54) is 0 Å². The lowest BCUT2D eigenvalue weighted by Gasteiger charge is -2.32. The van der Waals surface area contributed by atoms with Gasteiger partial charge in [0.25, 0.3) is 0 Å². The van der Waals surface area contributed by atoms with Crippen LogP contribution in [0.3, 0.4) is 0 Å². The Balaban J connectivity index is 2.74. The van der Waals surface area contributed by atoms with Crippen molar-refractivity contribution in [3.8, 4) is 0 Å². The molecule has 0 unspecified atom stereocenters. The van der Waals surface area contributed by atoms with E-state index in [9.17, 15) is 58.5 Å². The first-order valence-electron chi connectivity index (χ1n) is 22.8. The van der Waals surface area contributed by atoms with E-state index in [4.69, 9.17) is 14.2 Å². The zero-order chi connectivity index (χ0) is 51.0. The van der Waals surface area contributed by atoms with E-state index >= 15 is 0 Å². The van der Waals surface area contributed by atoms with Crippen molar-refractivity contribution in [3.05, 3.63) is 0 Å². The van der Waals surface area contributed by atoms with Gasteiger partial charge in [-0.25, -0.2) is 14.4 Å². The smallest absolute Gasteiger partial charge is 0.329 e. The fraction of sp³-hybridized carbons (Fsp3) is 0.795. The predicted molar refractivity (Wildman–Crippen MR) is 244 cm³/mol. The minimum Gasteiger partial charge on any atom is -0.480 e. The van der Waals surface area contributed by atoms with Crippen LogP contribution in [0.25, 0.3) is 0 Å². The molecule has 0 saturated carbocycles. The second-order valence-electron chi connectivity index (χ2n) is 19.5. The molecular weight excluding hydrogens is 881 g/mol. The largest absolute Gasteiger partial charge is 0.480 e. The van der Waals surface area contributed by atoms with Crippen molar-refractivity contribution in [1.29, 1.82) is 0 Å². The summed E-state index contributed by atoms with van der Waals surface area (Å²) in [6, 6.07) is -3.46. The van der Waals surface area contributed by atoms with Crippen LogP contribution in [0.2, 0.25) is 0 Å². The number of hydrogen-bond donors (Lipinski definition) is 7. The van der Waals surface area contributed by atoms with Crippen LogP contribution < -0.4 is 21.3 Å². The van der Waals surface area contributed by atoms with Crippen molar-refractivity contribution in [3.63, 3.8) is 0 Å². The molecule has 1 rings (SSSR count). The fourth-order valence-corrected chi connectivity index (χ4v) is 6.55. The molecule has 2 atom stereocenters. The van der Waals surface area contributed by atoms with E-state index in [1.54, 1.807) is 77.0 Å². The average Bonchev–Trinajstić information content (AvgIpc) is 3.15. The van der Waals surface area contributed by atoms with E-state index in [0.717, 1.165) is 0 Å². The summed E-state index contributed by atoms with van der Waals surface area (Å²) in [6.07, 6.45) is 1.17. The Bertz CT molecular complexity index is 1610. The number of esters is 3. The monoisotopic (exact) mass is 959 g/mol. The lowest BCUT2D eigenvalue weighted by molar-refractivity contribution is -0.159. The number of ether oxygens (including phenoxy) is 3. The summed E-state index contributed by atoms with van der Waals surface area (Å²) < 4.78 is 16.3. The molecule has 1 aliphatic heterocycles. The summed E-state index contributed by atoms with van der Waals surface area (Å²) in [6.45, 7) is 17.1. The number of carbonyl (C=O) groups is 9. The molecule has 1 saturated heterocycles. The van der Waals surface area contributed by atoms with Gasteiger partial charge in [-0.1, -0.05) is 0 Å². The minimum absolute atomic E-state index is 0.0117. The topological polar surface area (TPSA) is 303 Å². The summed E-state index contributed by atoms with van der Waals surface area (Å²) in [7, 11) is 0. The van der Waals surface area contributed by atoms with Crippen LogP contribution in [0.4, 0.5) is 4.79 Å². The van der Waals surface area contributed by atoms with E-state index in [-0.39, 0.29) is 103 Å². The van der Waals surface area contributed by atoms with Gasteiger partial charge in [-0.15, -0.1) is 0 Å². The summed E-state index contributed by atoms with van der Waals surface area (Å²) in [5, 5.41) is 38.9. The summed E-state index contributed by atoms with van der Waals surface area (Å²) in [4.78, 5) is 119. The Morgan fingerprint density at radius 3 is 1.13 bits per heavy atom. The molecule has 23 nitrogen and oxygen atoms in total. The number of nitrogens with one attached hydrogen (secondary N) is 4. The van der Waals surface area contributed by atoms with Crippen LogP contribution in [-0.2, 0) is 52.6 Å². The molecule has 7 N–H and O–H groups in total. The molecule has 0 bridgehead atoms. The highest BCUT2D eigenvalue weighted by atomic mass is 16.6. The third kappa shape index (κ3) is 31.5. The van der Waals surface area contributed by atoms with Gasteiger partial charge in [-0.2, -0.15) is 0 Å². The first-order valence-corrected chi connectivity index (χ1v) is 22.8. The van der Waals surface area contributed by atoms with Gasteiger partial charge in [0.15, 0.2) is 0 Å². The molecule has 1 heterocycles. The molecule has 0 aromatic rings. The van der Waals surface area contributed by atoms with Gasteiger partial charge in [-0.05, 0) is 94.4 Å². The lowest BCUT2D eigenvalue weighted by atomic mass is 10.1. The maximum atomic E-state index is 13.2. The van der Waals surface area contributed by atoms with Crippen molar-refractivity contribution in [2.45, 2.75) is 136 Å². The molecule has 1 fully saturated rings. The highest BCUT2D eigenvalue weighted by molar-refractivity contribution is 5.88. The maximum Gasteiger partial charge on any atom is 0.329 e. The van der Waals surface area contributed by atoms with Gasteiger partial charge in [-0.3, -0.25) is 48.4 Å². The molecule has 23 heteroatoms. The van der Waals surface area contributed by atoms with Gasteiger partial charge in [0.2, 0.25) is 11.8 Å². The first-order chi connectivity index (χ1) is 31.0. The molecule has 0 aliphatic carbocycles. The van der Waals surface area contributed by atoms with E-state index in [1.807, 2.05) is 4.90 Å². The Morgan fingerprint density at radius 1 is 0.463 bits per heavy atom. The first kappa shape index (κ1) is 59.9. The van der Waals surface area contributed by atoms with Crippen LogP contribution in [0, 0.1) is 0 Å². The van der Waals surface area contributed by atoms with Crippen molar-refractivity contribution in [2.75, 3.05) is 91.6 Å². The van der Waals surface area contributed by atoms with E-state index < -0.39 is 70.7 Å². The molecular formula is C44H78N8O15. The second kappa shape index (κ2) is 29.6. The number of nitrogens with zero attached hydrogens (tertiary/aromatic N) is 4. The highest BCUT2D eigenvalue weighted by Gasteiger charge is 2.32. The summed E-state index contributed by atoms with van der Waals surface area (Å²) in [5.74, 6) is -5.97. The molecule has 4 amide bonds. The number of rotatable bonds is 24. The number of carboxylic acids is 3. The van der Waals surface area contributed by atoms with E-state index in [2.05, 4.69) is 21.3 Å². The SMILES string of the molecule is CC(C)(C)OC(=O)CC[C@H](NC(=O)N[C@@H](CCC(=O)NCCCCCNC(=O)CN1CCN(CC(=O)O)CCN(CC(=O)O)CCN(CC(=O)O)CC1)C(=O)OC(C)(C)C)C(=O)OC(C)(C)C. The van der Waals surface area contributed by atoms with Crippen LogP contribution >= 0.6 is 0 Å². The Labute approximate surface area is 394 Å². The molecule has 0 aromatic heterocycles. The van der Waals surface area contributed by atoms with E-state index in [0.29, 0.717) is 45.4 Å². The van der Waals surface area contributed by atoms with Gasteiger partial charge in [0.05, 0.1) is 26.2 Å². The van der Waals surface area contributed by atoms with Crippen LogP contribution in [0.5, 0.6) is 0 Å². The quantitative estimate of drug-likeness (QED) is 0.0393. The summed E-state index contributed by atoms with van der Waals surface area (Å²) in [5.41, 5.74) is -2.58. The number of hydrogen-bond acceptors (Lipinski definition) is 16. The van der Waals surface area contributed by atoms with Gasteiger partial charge < -0.3 is 50.8 Å². The molecule has 0 aromatic carbocycles. The number of amides is 4. The van der Waals surface area contributed by atoms with Crippen molar-refractivity contribution < 1.29 is 72.7 Å².